The molecule has 0 spiro atoms. The van der Waals surface area contributed by atoms with E-state index in [0.29, 0.717) is 12.6 Å². The Bertz CT molecular complexity index is 405. The molecule has 1 N–H and O–H groups in total. The molecule has 1 unspecified atom stereocenters. The van der Waals surface area contributed by atoms with Gasteiger partial charge in [-0.15, -0.1) is 0 Å². The number of carbonyl (C=O) groups excluding carboxylic acids is 1. The van der Waals surface area contributed by atoms with Crippen molar-refractivity contribution in [3.8, 4) is 0 Å². The number of anilines is 1. The van der Waals surface area contributed by atoms with Crippen LogP contribution >= 0.6 is 0 Å². The third-order valence-electron chi connectivity index (χ3n) is 3.06. The highest BCUT2D eigenvalue weighted by molar-refractivity contribution is 5.87. The number of oxazole rings is 1. The van der Waals surface area contributed by atoms with Crippen LogP contribution in [0.1, 0.15) is 36.7 Å². The molecule has 1 aromatic rings. The summed E-state index contributed by atoms with van der Waals surface area (Å²) >= 11 is 0. The largest absolute Gasteiger partial charge is 0.461 e. The van der Waals surface area contributed by atoms with Crippen LogP contribution in [0.25, 0.3) is 0 Å². The molecule has 1 aromatic heterocycles. The number of rotatable bonds is 4. The number of esters is 1. The van der Waals surface area contributed by atoms with Crippen molar-refractivity contribution in [3.63, 3.8) is 0 Å². The summed E-state index contributed by atoms with van der Waals surface area (Å²) in [6, 6.07) is 0.407. The minimum atomic E-state index is -0.481. The highest BCUT2D eigenvalue weighted by atomic mass is 16.5. The molecule has 1 aliphatic heterocycles. The van der Waals surface area contributed by atoms with Gasteiger partial charge in [-0.3, -0.25) is 0 Å². The van der Waals surface area contributed by atoms with Gasteiger partial charge >= 0.3 is 5.97 Å². The standard InChI is InChI=1S/C12H18N2O4/c1-2-17-11(16)10-8-18-12(13-10)14-6-4-3-5-9(14)7-15/h8-9,15H,2-7H2,1H3. The van der Waals surface area contributed by atoms with Crippen LogP contribution in [0.5, 0.6) is 0 Å². The Labute approximate surface area is 106 Å². The summed E-state index contributed by atoms with van der Waals surface area (Å²) in [6.45, 7) is 2.90. The van der Waals surface area contributed by atoms with Gasteiger partial charge in [-0.2, -0.15) is 4.98 Å². The Morgan fingerprint density at radius 1 is 1.67 bits per heavy atom. The third-order valence-corrected chi connectivity index (χ3v) is 3.06. The molecule has 1 aliphatic rings. The predicted molar refractivity (Wildman–Crippen MR) is 64.5 cm³/mol. The van der Waals surface area contributed by atoms with E-state index in [4.69, 9.17) is 9.15 Å². The number of aliphatic hydroxyl groups excluding tert-OH is 1. The van der Waals surface area contributed by atoms with Crippen LogP contribution in [0.2, 0.25) is 0 Å². The molecule has 0 radical (unpaired) electrons. The van der Waals surface area contributed by atoms with Crippen LogP contribution in [-0.2, 0) is 4.74 Å². The van der Waals surface area contributed by atoms with Crippen LogP contribution in [0.15, 0.2) is 10.7 Å². The third kappa shape index (κ3) is 2.64. The molecule has 1 fully saturated rings. The zero-order valence-electron chi connectivity index (χ0n) is 10.5. The van der Waals surface area contributed by atoms with Crippen LogP contribution < -0.4 is 4.90 Å². The fourth-order valence-corrected chi connectivity index (χ4v) is 2.14. The molecule has 1 atom stereocenters. The minimum Gasteiger partial charge on any atom is -0.461 e. The molecule has 100 valence electrons. The second-order valence-electron chi connectivity index (χ2n) is 4.26. The Morgan fingerprint density at radius 3 is 3.22 bits per heavy atom. The van der Waals surface area contributed by atoms with Crippen molar-refractivity contribution in [1.29, 1.82) is 0 Å². The maximum Gasteiger partial charge on any atom is 0.360 e. The maximum absolute atomic E-state index is 11.5. The van der Waals surface area contributed by atoms with E-state index in [1.165, 1.54) is 6.26 Å². The first kappa shape index (κ1) is 12.9. The Morgan fingerprint density at radius 2 is 2.50 bits per heavy atom. The average Bonchev–Trinajstić information content (AvgIpc) is 2.88. The van der Waals surface area contributed by atoms with Crippen molar-refractivity contribution < 1.29 is 19.1 Å². The van der Waals surface area contributed by atoms with Crippen molar-refractivity contribution in [2.24, 2.45) is 0 Å². The maximum atomic E-state index is 11.5. The monoisotopic (exact) mass is 254 g/mol. The van der Waals surface area contributed by atoms with Gasteiger partial charge in [0.15, 0.2) is 5.69 Å². The van der Waals surface area contributed by atoms with Crippen molar-refractivity contribution >= 4 is 12.0 Å². The van der Waals surface area contributed by atoms with Gasteiger partial charge in [-0.25, -0.2) is 4.79 Å². The van der Waals surface area contributed by atoms with Gasteiger partial charge in [-0.1, -0.05) is 0 Å². The van der Waals surface area contributed by atoms with Gasteiger partial charge in [0.25, 0.3) is 6.01 Å². The normalized spacial score (nSPS) is 19.9. The lowest BCUT2D eigenvalue weighted by Crippen LogP contribution is -2.42. The summed E-state index contributed by atoms with van der Waals surface area (Å²) < 4.78 is 10.2. The van der Waals surface area contributed by atoms with E-state index >= 15 is 0 Å². The van der Waals surface area contributed by atoms with Gasteiger partial charge in [0.05, 0.1) is 19.3 Å². The summed E-state index contributed by atoms with van der Waals surface area (Å²) in [5, 5.41) is 9.32. The fourth-order valence-electron chi connectivity index (χ4n) is 2.14. The summed E-state index contributed by atoms with van der Waals surface area (Å²) in [5.41, 5.74) is 0.175. The van der Waals surface area contributed by atoms with Crippen molar-refractivity contribution in [2.45, 2.75) is 32.2 Å². The second-order valence-corrected chi connectivity index (χ2v) is 4.26. The zero-order chi connectivity index (χ0) is 13.0. The van der Waals surface area contributed by atoms with Gasteiger partial charge in [0, 0.05) is 6.54 Å². The number of carbonyl (C=O) groups is 1. The first-order chi connectivity index (χ1) is 8.76. The molecule has 1 saturated heterocycles. The quantitative estimate of drug-likeness (QED) is 0.814. The van der Waals surface area contributed by atoms with E-state index in [-0.39, 0.29) is 18.3 Å². The number of nitrogens with zero attached hydrogens (tertiary/aromatic N) is 2. The van der Waals surface area contributed by atoms with Crippen molar-refractivity contribution in [2.75, 3.05) is 24.7 Å². The average molecular weight is 254 g/mol. The fraction of sp³-hybridized carbons (Fsp3) is 0.667. The molecular formula is C12H18N2O4. The van der Waals surface area contributed by atoms with Crippen molar-refractivity contribution in [3.05, 3.63) is 12.0 Å². The van der Waals surface area contributed by atoms with Gasteiger partial charge < -0.3 is 19.2 Å². The molecule has 0 bridgehead atoms. The Balaban J connectivity index is 2.10. The molecule has 0 amide bonds. The molecule has 0 saturated carbocycles. The topological polar surface area (TPSA) is 75.8 Å². The van der Waals surface area contributed by atoms with E-state index < -0.39 is 5.97 Å². The molecule has 0 aromatic carbocycles. The highest BCUT2D eigenvalue weighted by Gasteiger charge is 2.26. The number of hydrogen-bond donors (Lipinski definition) is 1. The smallest absolute Gasteiger partial charge is 0.360 e. The number of aromatic nitrogens is 1. The zero-order valence-corrected chi connectivity index (χ0v) is 10.5. The molecule has 2 rings (SSSR count). The molecular weight excluding hydrogens is 236 g/mol. The molecule has 18 heavy (non-hydrogen) atoms. The Hall–Kier alpha value is -1.56. The minimum absolute atomic E-state index is 0.0208. The van der Waals surface area contributed by atoms with E-state index in [1.807, 2.05) is 4.90 Å². The van der Waals surface area contributed by atoms with E-state index in [0.717, 1.165) is 25.8 Å². The number of hydrogen-bond acceptors (Lipinski definition) is 6. The lowest BCUT2D eigenvalue weighted by molar-refractivity contribution is 0.0519. The summed E-state index contributed by atoms with van der Waals surface area (Å²) in [4.78, 5) is 17.5. The summed E-state index contributed by atoms with van der Waals surface area (Å²) in [7, 11) is 0. The lowest BCUT2D eigenvalue weighted by atomic mass is 10.0. The van der Waals surface area contributed by atoms with Crippen LogP contribution in [0, 0.1) is 0 Å². The first-order valence-electron chi connectivity index (χ1n) is 6.26. The molecule has 0 aliphatic carbocycles. The van der Waals surface area contributed by atoms with Crippen LogP contribution in [0.4, 0.5) is 6.01 Å². The molecule has 6 nitrogen and oxygen atoms in total. The predicted octanol–water partition coefficient (Wildman–Crippen LogP) is 1.20. The van der Waals surface area contributed by atoms with Gasteiger partial charge in [-0.05, 0) is 26.2 Å². The summed E-state index contributed by atoms with van der Waals surface area (Å²) in [6.07, 6.45) is 4.34. The first-order valence-corrected chi connectivity index (χ1v) is 6.26. The summed E-state index contributed by atoms with van der Waals surface area (Å²) in [5.74, 6) is -0.481. The van der Waals surface area contributed by atoms with E-state index in [9.17, 15) is 9.90 Å². The van der Waals surface area contributed by atoms with Crippen LogP contribution in [0.3, 0.4) is 0 Å². The van der Waals surface area contributed by atoms with E-state index in [2.05, 4.69) is 4.98 Å². The van der Waals surface area contributed by atoms with Crippen molar-refractivity contribution in [1.82, 2.24) is 4.98 Å². The number of ether oxygens (including phenoxy) is 1. The lowest BCUT2D eigenvalue weighted by Gasteiger charge is -2.33. The Kier molecular flexibility index (Phi) is 4.19. The number of piperidine rings is 1. The van der Waals surface area contributed by atoms with Crippen LogP contribution in [-0.4, -0.2) is 41.9 Å². The second kappa shape index (κ2) is 5.86. The van der Waals surface area contributed by atoms with E-state index in [1.54, 1.807) is 6.92 Å². The molecule has 6 heteroatoms. The SMILES string of the molecule is CCOC(=O)c1coc(N2CCCCC2CO)n1. The van der Waals surface area contributed by atoms with Gasteiger partial charge in [0.2, 0.25) is 0 Å². The van der Waals surface area contributed by atoms with Gasteiger partial charge in [0.1, 0.15) is 6.26 Å². The number of aliphatic hydroxyl groups is 1. The molecule has 2 heterocycles. The highest BCUT2D eigenvalue weighted by Crippen LogP contribution is 2.24.